The maximum absolute atomic E-state index is 14.1. The highest BCUT2D eigenvalue weighted by Crippen LogP contribution is 2.39. The summed E-state index contributed by atoms with van der Waals surface area (Å²) in [6.07, 6.45) is -3.61. The smallest absolute Gasteiger partial charge is 0.392 e. The first-order chi connectivity index (χ1) is 17.1. The molecule has 4 heterocycles. The van der Waals surface area contributed by atoms with E-state index in [9.17, 15) is 23.1 Å². The van der Waals surface area contributed by atoms with Gasteiger partial charge < -0.3 is 10.4 Å². The van der Waals surface area contributed by atoms with Gasteiger partial charge in [-0.2, -0.15) is 13.2 Å². The van der Waals surface area contributed by atoms with Crippen LogP contribution in [0.2, 0.25) is 0 Å². The maximum Gasteiger partial charge on any atom is 0.408 e. The fourth-order valence-corrected chi connectivity index (χ4v) is 4.46. The van der Waals surface area contributed by atoms with E-state index in [2.05, 4.69) is 20.5 Å². The molecular formula is C25H25F3N6O2. The predicted octanol–water partition coefficient (Wildman–Crippen LogP) is 4.21. The third kappa shape index (κ3) is 4.63. The van der Waals surface area contributed by atoms with E-state index in [1.54, 1.807) is 32.0 Å². The molecule has 5 rings (SSSR count). The zero-order valence-corrected chi connectivity index (χ0v) is 19.7. The van der Waals surface area contributed by atoms with Crippen LogP contribution in [0.5, 0.6) is 0 Å². The standard InChI is InChI=1S/C25H25F3N6O2/c1-14(2)24(36)29-17-6-3-15-4-7-19(30-20(15)11-17)23-32-31-21-8-5-16(12-34(21)23)22(25(26,27)28)33-10-9-18(35)13-33/h3-8,11-12,14,18,22,35H,9-10,13H2,1-2H3,(H,29,36)/t18-,22+/m0/s1. The molecule has 0 unspecified atom stereocenters. The monoisotopic (exact) mass is 498 g/mol. The highest BCUT2D eigenvalue weighted by molar-refractivity contribution is 5.94. The van der Waals surface area contributed by atoms with E-state index in [0.29, 0.717) is 34.8 Å². The van der Waals surface area contributed by atoms with Crippen molar-refractivity contribution >= 4 is 28.1 Å². The van der Waals surface area contributed by atoms with E-state index >= 15 is 0 Å². The molecule has 2 atom stereocenters. The number of aliphatic hydroxyl groups excluding tert-OH is 1. The number of rotatable bonds is 5. The summed E-state index contributed by atoms with van der Waals surface area (Å²) < 4.78 is 43.7. The van der Waals surface area contributed by atoms with Gasteiger partial charge in [0, 0.05) is 36.3 Å². The number of anilines is 1. The van der Waals surface area contributed by atoms with Gasteiger partial charge in [-0.05, 0) is 36.2 Å². The van der Waals surface area contributed by atoms with E-state index in [1.165, 1.54) is 27.6 Å². The molecule has 1 aliphatic heterocycles. The van der Waals surface area contributed by atoms with Crippen molar-refractivity contribution < 1.29 is 23.1 Å². The first kappa shape index (κ1) is 24.1. The number of nitrogens with zero attached hydrogens (tertiary/aromatic N) is 5. The third-order valence-corrected chi connectivity index (χ3v) is 6.32. The Balaban J connectivity index is 1.54. The minimum Gasteiger partial charge on any atom is -0.392 e. The lowest BCUT2D eigenvalue weighted by molar-refractivity contribution is -0.184. The lowest BCUT2D eigenvalue weighted by atomic mass is 10.1. The Hall–Kier alpha value is -3.57. The Morgan fingerprint density at radius 1 is 1.14 bits per heavy atom. The molecule has 188 valence electrons. The second-order valence-corrected chi connectivity index (χ2v) is 9.34. The minimum absolute atomic E-state index is 0.0321. The average molecular weight is 499 g/mol. The Labute approximate surface area is 204 Å². The van der Waals surface area contributed by atoms with Crippen LogP contribution in [0.1, 0.15) is 31.9 Å². The lowest BCUT2D eigenvalue weighted by Gasteiger charge is -2.29. The number of β-amino-alcohol motifs (C(OH)–C–C–N with tert-alkyl or cyclic N) is 1. The summed E-state index contributed by atoms with van der Waals surface area (Å²) in [6.45, 7) is 3.71. The van der Waals surface area contributed by atoms with Crippen molar-refractivity contribution in [2.45, 2.75) is 38.6 Å². The molecule has 1 aromatic carbocycles. The van der Waals surface area contributed by atoms with E-state index in [4.69, 9.17) is 0 Å². The summed E-state index contributed by atoms with van der Waals surface area (Å²) in [5.74, 6) is -0.000124. The third-order valence-electron chi connectivity index (χ3n) is 6.32. The molecule has 11 heteroatoms. The summed E-state index contributed by atoms with van der Waals surface area (Å²) in [5, 5.41) is 21.8. The summed E-state index contributed by atoms with van der Waals surface area (Å²) in [7, 11) is 0. The molecule has 0 radical (unpaired) electrons. The Morgan fingerprint density at radius 3 is 2.61 bits per heavy atom. The maximum atomic E-state index is 14.1. The topological polar surface area (TPSA) is 95.7 Å². The molecule has 2 N–H and O–H groups in total. The zero-order valence-electron chi connectivity index (χ0n) is 19.7. The second kappa shape index (κ2) is 9.14. The fourth-order valence-electron chi connectivity index (χ4n) is 4.46. The molecular weight excluding hydrogens is 473 g/mol. The van der Waals surface area contributed by atoms with Crippen LogP contribution in [0.4, 0.5) is 18.9 Å². The van der Waals surface area contributed by atoms with Crippen molar-refractivity contribution in [1.82, 2.24) is 24.5 Å². The Kier molecular flexibility index (Phi) is 6.13. The second-order valence-electron chi connectivity index (χ2n) is 9.34. The largest absolute Gasteiger partial charge is 0.408 e. The van der Waals surface area contributed by atoms with Crippen LogP contribution in [0, 0.1) is 5.92 Å². The van der Waals surface area contributed by atoms with Crippen LogP contribution in [-0.4, -0.2) is 60.9 Å². The number of nitrogens with one attached hydrogen (secondary N) is 1. The number of alkyl halides is 3. The van der Waals surface area contributed by atoms with Crippen LogP contribution in [0.25, 0.3) is 28.1 Å². The number of hydrogen-bond donors (Lipinski definition) is 2. The summed E-state index contributed by atoms with van der Waals surface area (Å²) >= 11 is 0. The highest BCUT2D eigenvalue weighted by Gasteiger charge is 2.46. The molecule has 36 heavy (non-hydrogen) atoms. The van der Waals surface area contributed by atoms with Gasteiger partial charge in [0.15, 0.2) is 11.5 Å². The summed E-state index contributed by atoms with van der Waals surface area (Å²) in [4.78, 5) is 18.0. The average Bonchev–Trinajstić information content (AvgIpc) is 3.43. The Morgan fingerprint density at radius 2 is 1.92 bits per heavy atom. The molecule has 0 spiro atoms. The van der Waals surface area contributed by atoms with Gasteiger partial charge in [-0.3, -0.25) is 14.1 Å². The number of aliphatic hydroxyl groups is 1. The van der Waals surface area contributed by atoms with Crippen LogP contribution < -0.4 is 5.32 Å². The van der Waals surface area contributed by atoms with Gasteiger partial charge in [0.1, 0.15) is 11.7 Å². The first-order valence-electron chi connectivity index (χ1n) is 11.7. The zero-order chi connectivity index (χ0) is 25.6. The van der Waals surface area contributed by atoms with Gasteiger partial charge in [-0.25, -0.2) is 4.98 Å². The van der Waals surface area contributed by atoms with E-state index in [0.717, 1.165) is 5.39 Å². The number of pyridine rings is 2. The van der Waals surface area contributed by atoms with Crippen molar-refractivity contribution in [3.8, 4) is 11.5 Å². The number of amides is 1. The number of hydrogen-bond acceptors (Lipinski definition) is 6. The van der Waals surface area contributed by atoms with Crippen molar-refractivity contribution in [2.75, 3.05) is 18.4 Å². The van der Waals surface area contributed by atoms with Gasteiger partial charge in [0.25, 0.3) is 0 Å². The van der Waals surface area contributed by atoms with Crippen molar-refractivity contribution in [3.05, 3.63) is 54.2 Å². The number of benzene rings is 1. The molecule has 4 aromatic rings. The number of aromatic nitrogens is 4. The van der Waals surface area contributed by atoms with E-state index in [1.807, 2.05) is 12.1 Å². The van der Waals surface area contributed by atoms with Crippen molar-refractivity contribution in [2.24, 2.45) is 5.92 Å². The molecule has 0 saturated carbocycles. The molecule has 0 aliphatic carbocycles. The van der Waals surface area contributed by atoms with Gasteiger partial charge in [-0.15, -0.1) is 10.2 Å². The van der Waals surface area contributed by atoms with Crippen molar-refractivity contribution in [1.29, 1.82) is 0 Å². The fraction of sp³-hybridized carbons (Fsp3) is 0.360. The highest BCUT2D eigenvalue weighted by atomic mass is 19.4. The molecule has 3 aromatic heterocycles. The Bertz CT molecular complexity index is 1430. The number of likely N-dealkylation sites (tertiary alicyclic amines) is 1. The predicted molar refractivity (Wildman–Crippen MR) is 128 cm³/mol. The molecule has 1 amide bonds. The molecule has 1 saturated heterocycles. The van der Waals surface area contributed by atoms with Crippen LogP contribution in [0.3, 0.4) is 0 Å². The molecule has 1 fully saturated rings. The molecule has 0 bridgehead atoms. The number of fused-ring (bicyclic) bond motifs is 2. The van der Waals surface area contributed by atoms with Gasteiger partial charge in [0.2, 0.25) is 5.91 Å². The quantitative estimate of drug-likeness (QED) is 0.428. The van der Waals surface area contributed by atoms with Crippen LogP contribution in [0.15, 0.2) is 48.7 Å². The van der Waals surface area contributed by atoms with Crippen LogP contribution >= 0.6 is 0 Å². The van der Waals surface area contributed by atoms with Crippen LogP contribution in [-0.2, 0) is 4.79 Å². The van der Waals surface area contributed by atoms with E-state index in [-0.39, 0.29) is 30.5 Å². The minimum atomic E-state index is -4.52. The van der Waals surface area contributed by atoms with E-state index < -0.39 is 18.3 Å². The van der Waals surface area contributed by atoms with Gasteiger partial charge in [-0.1, -0.05) is 32.0 Å². The van der Waals surface area contributed by atoms with Gasteiger partial charge >= 0.3 is 6.18 Å². The molecule has 8 nitrogen and oxygen atoms in total. The normalized spacial score (nSPS) is 17.8. The van der Waals surface area contributed by atoms with Gasteiger partial charge in [0.05, 0.1) is 11.6 Å². The number of carbonyl (C=O) groups excluding carboxylic acids is 1. The lowest BCUT2D eigenvalue weighted by Crippen LogP contribution is -2.37. The number of carbonyl (C=O) groups is 1. The SMILES string of the molecule is CC(C)C(=O)Nc1ccc2ccc(-c3nnc4ccc([C@@H](N5CC[C@H](O)C5)C(F)(F)F)cn34)nc2c1. The van der Waals surface area contributed by atoms with Crippen molar-refractivity contribution in [3.63, 3.8) is 0 Å². The summed E-state index contributed by atoms with van der Waals surface area (Å²) in [6, 6.07) is 9.97. The summed E-state index contributed by atoms with van der Waals surface area (Å²) in [5.41, 5.74) is 2.04. The first-order valence-corrected chi connectivity index (χ1v) is 11.7. The number of halogens is 3. The molecule has 1 aliphatic rings.